The monoisotopic (exact) mass is 268 g/mol. The van der Waals surface area contributed by atoms with Crippen molar-refractivity contribution >= 4 is 16.5 Å². The molecule has 3 aromatic rings. The maximum Gasteiger partial charge on any atom is 0.258 e. The summed E-state index contributed by atoms with van der Waals surface area (Å²) in [6.07, 6.45) is 1.68. The maximum absolute atomic E-state index is 13.1. The summed E-state index contributed by atoms with van der Waals surface area (Å²) in [5.41, 5.74) is 7.19. The molecule has 1 heterocycles. The van der Waals surface area contributed by atoms with E-state index < -0.39 is 0 Å². The largest absolute Gasteiger partial charge is 0.399 e. The predicted octanol–water partition coefficient (Wildman–Crippen LogP) is 2.77. The summed E-state index contributed by atoms with van der Waals surface area (Å²) in [5, 5.41) is 1.13. The van der Waals surface area contributed by atoms with E-state index in [0.29, 0.717) is 23.0 Å². The van der Waals surface area contributed by atoms with Crippen molar-refractivity contribution in [2.45, 2.75) is 6.54 Å². The van der Waals surface area contributed by atoms with Crippen LogP contribution in [0.4, 0.5) is 10.1 Å². The number of fused-ring (bicyclic) bond motifs is 1. The molecule has 20 heavy (non-hydrogen) atoms. The molecule has 0 radical (unpaired) electrons. The average Bonchev–Trinajstić information content (AvgIpc) is 2.44. The zero-order chi connectivity index (χ0) is 14.1. The summed E-state index contributed by atoms with van der Waals surface area (Å²) >= 11 is 0. The third-order valence-electron chi connectivity index (χ3n) is 3.27. The van der Waals surface area contributed by atoms with Crippen LogP contribution in [0.5, 0.6) is 0 Å². The molecule has 0 amide bonds. The molecule has 0 atom stereocenters. The van der Waals surface area contributed by atoms with Gasteiger partial charge < -0.3 is 10.3 Å². The summed E-state index contributed by atoms with van der Waals surface area (Å²) in [6.45, 7) is 0.465. The number of benzene rings is 2. The van der Waals surface area contributed by atoms with E-state index in [9.17, 15) is 9.18 Å². The van der Waals surface area contributed by atoms with Gasteiger partial charge in [-0.15, -0.1) is 0 Å². The number of hydrogen-bond acceptors (Lipinski definition) is 2. The molecule has 0 fully saturated rings. The van der Waals surface area contributed by atoms with Crippen molar-refractivity contribution in [2.75, 3.05) is 5.73 Å². The molecule has 0 bridgehead atoms. The quantitative estimate of drug-likeness (QED) is 0.726. The molecule has 2 N–H and O–H groups in total. The molecule has 0 saturated carbocycles. The maximum atomic E-state index is 13.1. The van der Waals surface area contributed by atoms with Crippen molar-refractivity contribution in [3.8, 4) is 0 Å². The SMILES string of the molecule is Nc1ccc(Cn2ccc3cc(F)ccc3c2=O)cc1. The van der Waals surface area contributed by atoms with Crippen molar-refractivity contribution in [3.05, 3.63) is 76.5 Å². The molecular formula is C16H13FN2O. The number of hydrogen-bond donors (Lipinski definition) is 1. The minimum Gasteiger partial charge on any atom is -0.399 e. The predicted molar refractivity (Wildman–Crippen MR) is 78.1 cm³/mol. The Balaban J connectivity index is 2.04. The Hall–Kier alpha value is -2.62. The van der Waals surface area contributed by atoms with Crippen molar-refractivity contribution < 1.29 is 4.39 Å². The molecule has 0 aliphatic heterocycles. The first-order valence-corrected chi connectivity index (χ1v) is 6.26. The van der Waals surface area contributed by atoms with Crippen molar-refractivity contribution in [3.63, 3.8) is 0 Å². The summed E-state index contributed by atoms with van der Waals surface area (Å²) in [7, 11) is 0. The van der Waals surface area contributed by atoms with E-state index in [2.05, 4.69) is 0 Å². The fourth-order valence-corrected chi connectivity index (χ4v) is 2.20. The average molecular weight is 268 g/mol. The number of rotatable bonds is 2. The van der Waals surface area contributed by atoms with E-state index in [-0.39, 0.29) is 11.4 Å². The first kappa shape index (κ1) is 12.4. The molecule has 0 aliphatic carbocycles. The summed E-state index contributed by atoms with van der Waals surface area (Å²) in [6, 6.07) is 13.3. The Morgan fingerprint density at radius 1 is 1.05 bits per heavy atom. The van der Waals surface area contributed by atoms with Gasteiger partial charge in [-0.1, -0.05) is 12.1 Å². The van der Waals surface area contributed by atoms with Gasteiger partial charge in [-0.3, -0.25) is 4.79 Å². The lowest BCUT2D eigenvalue weighted by Crippen LogP contribution is -2.20. The Morgan fingerprint density at radius 2 is 1.80 bits per heavy atom. The third-order valence-corrected chi connectivity index (χ3v) is 3.27. The highest BCUT2D eigenvalue weighted by atomic mass is 19.1. The lowest BCUT2D eigenvalue weighted by atomic mass is 10.1. The van der Waals surface area contributed by atoms with Crippen molar-refractivity contribution in [1.29, 1.82) is 0 Å². The van der Waals surface area contributed by atoms with Crippen LogP contribution in [0.3, 0.4) is 0 Å². The van der Waals surface area contributed by atoms with E-state index >= 15 is 0 Å². The zero-order valence-corrected chi connectivity index (χ0v) is 10.7. The topological polar surface area (TPSA) is 48.0 Å². The Labute approximate surface area is 115 Å². The summed E-state index contributed by atoms with van der Waals surface area (Å²) < 4.78 is 14.7. The molecule has 3 nitrogen and oxygen atoms in total. The number of nitrogens with zero attached hydrogens (tertiary/aromatic N) is 1. The number of aromatic nitrogens is 1. The Bertz CT molecular complexity index is 822. The van der Waals surface area contributed by atoms with E-state index in [1.165, 1.54) is 18.2 Å². The normalized spacial score (nSPS) is 10.8. The van der Waals surface area contributed by atoms with Crippen LogP contribution >= 0.6 is 0 Å². The van der Waals surface area contributed by atoms with E-state index in [0.717, 1.165) is 5.56 Å². The molecule has 4 heteroatoms. The Kier molecular flexibility index (Phi) is 2.99. The van der Waals surface area contributed by atoms with E-state index in [1.54, 1.807) is 29.0 Å². The van der Waals surface area contributed by atoms with Crippen molar-refractivity contribution in [2.24, 2.45) is 0 Å². The van der Waals surface area contributed by atoms with Gasteiger partial charge in [0.2, 0.25) is 0 Å². The third kappa shape index (κ3) is 2.28. The fraction of sp³-hybridized carbons (Fsp3) is 0.0625. The highest BCUT2D eigenvalue weighted by molar-refractivity contribution is 5.81. The second-order valence-corrected chi connectivity index (χ2v) is 4.72. The lowest BCUT2D eigenvalue weighted by molar-refractivity contribution is 0.629. The van der Waals surface area contributed by atoms with Gasteiger partial charge in [0, 0.05) is 17.3 Å². The second kappa shape index (κ2) is 4.81. The molecule has 0 spiro atoms. The Morgan fingerprint density at radius 3 is 2.55 bits per heavy atom. The van der Waals surface area contributed by atoms with Crippen LogP contribution in [0.2, 0.25) is 0 Å². The standard InChI is InChI=1S/C16H13FN2O/c17-13-3-6-15-12(9-13)7-8-19(16(15)20)10-11-1-4-14(18)5-2-11/h1-9H,10,18H2. The number of pyridine rings is 1. The van der Waals surface area contributed by atoms with Crippen LogP contribution in [0, 0.1) is 5.82 Å². The molecule has 0 unspecified atom stereocenters. The van der Waals surface area contributed by atoms with Crippen LogP contribution in [-0.4, -0.2) is 4.57 Å². The molecule has 1 aromatic heterocycles. The minimum atomic E-state index is -0.340. The number of halogens is 1. The van der Waals surface area contributed by atoms with Gasteiger partial charge in [-0.05, 0) is 47.3 Å². The van der Waals surface area contributed by atoms with E-state index in [4.69, 9.17) is 5.73 Å². The van der Waals surface area contributed by atoms with Gasteiger partial charge in [0.15, 0.2) is 0 Å². The van der Waals surface area contributed by atoms with Crippen LogP contribution < -0.4 is 11.3 Å². The summed E-state index contributed by atoms with van der Waals surface area (Å²) in [5.74, 6) is -0.340. The molecule has 0 aliphatic rings. The first-order valence-electron chi connectivity index (χ1n) is 6.26. The first-order chi connectivity index (χ1) is 9.63. The lowest BCUT2D eigenvalue weighted by Gasteiger charge is -2.08. The molecule has 3 rings (SSSR count). The highest BCUT2D eigenvalue weighted by Crippen LogP contribution is 2.12. The van der Waals surface area contributed by atoms with Crippen LogP contribution in [0.25, 0.3) is 10.8 Å². The number of anilines is 1. The molecular weight excluding hydrogens is 255 g/mol. The number of nitrogen functional groups attached to an aromatic ring is 1. The highest BCUT2D eigenvalue weighted by Gasteiger charge is 2.04. The van der Waals surface area contributed by atoms with E-state index in [1.807, 2.05) is 12.1 Å². The van der Waals surface area contributed by atoms with Gasteiger partial charge in [0.05, 0.1) is 6.54 Å². The number of nitrogens with two attached hydrogens (primary N) is 1. The smallest absolute Gasteiger partial charge is 0.258 e. The van der Waals surface area contributed by atoms with Gasteiger partial charge in [0.25, 0.3) is 5.56 Å². The van der Waals surface area contributed by atoms with Crippen molar-refractivity contribution in [1.82, 2.24) is 4.57 Å². The van der Waals surface area contributed by atoms with Gasteiger partial charge in [-0.25, -0.2) is 4.39 Å². The van der Waals surface area contributed by atoms with Gasteiger partial charge in [0.1, 0.15) is 5.82 Å². The van der Waals surface area contributed by atoms with Gasteiger partial charge in [-0.2, -0.15) is 0 Å². The minimum absolute atomic E-state index is 0.126. The van der Waals surface area contributed by atoms with Gasteiger partial charge >= 0.3 is 0 Å². The van der Waals surface area contributed by atoms with Crippen LogP contribution in [0.15, 0.2) is 59.5 Å². The fourth-order valence-electron chi connectivity index (χ4n) is 2.20. The zero-order valence-electron chi connectivity index (χ0n) is 10.7. The second-order valence-electron chi connectivity index (χ2n) is 4.72. The van der Waals surface area contributed by atoms with Crippen LogP contribution in [0.1, 0.15) is 5.56 Å². The summed E-state index contributed by atoms with van der Waals surface area (Å²) in [4.78, 5) is 12.3. The van der Waals surface area contributed by atoms with Crippen LogP contribution in [-0.2, 0) is 6.54 Å². The molecule has 100 valence electrons. The molecule has 2 aromatic carbocycles. The molecule has 0 saturated heterocycles.